The lowest BCUT2D eigenvalue weighted by Crippen LogP contribution is -2.43. The van der Waals surface area contributed by atoms with E-state index >= 15 is 0 Å². The summed E-state index contributed by atoms with van der Waals surface area (Å²) in [5.41, 5.74) is 0. The molecule has 0 aliphatic rings. The number of nitrogens with one attached hydrogen (secondary N) is 1. The number of hydrogen-bond donors (Lipinski definition) is 1. The molecule has 12 heavy (non-hydrogen) atoms. The second-order valence-electron chi connectivity index (χ2n) is 3.65. The average Bonchev–Trinajstić information content (AvgIpc) is 1.96. The van der Waals surface area contributed by atoms with Gasteiger partial charge in [-0.25, -0.2) is 0 Å². The second kappa shape index (κ2) is 6.40. The number of nitrogens with zero attached hydrogens (tertiary/aromatic N) is 2. The molecule has 0 aromatic rings. The van der Waals surface area contributed by atoms with Crippen LogP contribution in [0.5, 0.6) is 0 Å². The van der Waals surface area contributed by atoms with Crippen molar-refractivity contribution in [2.75, 3.05) is 41.3 Å². The third-order valence-electron chi connectivity index (χ3n) is 1.95. The molecule has 0 amide bonds. The maximum Gasteiger partial charge on any atom is 0.0589 e. The van der Waals surface area contributed by atoms with Gasteiger partial charge in [-0.1, -0.05) is 6.92 Å². The fourth-order valence-electron chi connectivity index (χ4n) is 1.15. The van der Waals surface area contributed by atoms with Crippen LogP contribution in [0.25, 0.3) is 0 Å². The Morgan fingerprint density at radius 2 is 1.75 bits per heavy atom. The van der Waals surface area contributed by atoms with E-state index in [2.05, 4.69) is 50.2 Å². The molecular weight excluding hydrogens is 150 g/mol. The summed E-state index contributed by atoms with van der Waals surface area (Å²) in [5, 5.41) is 3.48. The molecule has 74 valence electrons. The summed E-state index contributed by atoms with van der Waals surface area (Å²) in [7, 11) is 8.41. The van der Waals surface area contributed by atoms with Crippen molar-refractivity contribution in [1.29, 1.82) is 0 Å². The monoisotopic (exact) mass is 173 g/mol. The van der Waals surface area contributed by atoms with Gasteiger partial charge in [0.05, 0.1) is 6.17 Å². The minimum Gasteiger partial charge on any atom is -0.308 e. The first-order valence-electron chi connectivity index (χ1n) is 4.62. The maximum absolute atomic E-state index is 3.48. The van der Waals surface area contributed by atoms with Crippen molar-refractivity contribution in [2.24, 2.45) is 0 Å². The van der Waals surface area contributed by atoms with Gasteiger partial charge < -0.3 is 10.2 Å². The first-order chi connectivity index (χ1) is 5.57. The van der Waals surface area contributed by atoms with Crippen molar-refractivity contribution < 1.29 is 0 Å². The van der Waals surface area contributed by atoms with E-state index < -0.39 is 0 Å². The zero-order valence-electron chi connectivity index (χ0n) is 9.09. The maximum atomic E-state index is 3.48. The summed E-state index contributed by atoms with van der Waals surface area (Å²) in [6, 6.07) is 0. The summed E-state index contributed by atoms with van der Waals surface area (Å²) in [5.74, 6) is 0. The van der Waals surface area contributed by atoms with Crippen LogP contribution in [0.15, 0.2) is 0 Å². The largest absolute Gasteiger partial charge is 0.308 e. The van der Waals surface area contributed by atoms with E-state index in [0.29, 0.717) is 6.17 Å². The predicted octanol–water partition coefficient (Wildman–Crippen LogP) is 0.435. The lowest BCUT2D eigenvalue weighted by Gasteiger charge is -2.24. The summed E-state index contributed by atoms with van der Waals surface area (Å²) in [6.45, 7) is 4.36. The highest BCUT2D eigenvalue weighted by atomic mass is 15.2. The SMILES string of the molecule is CCC(NCCN(C)C)N(C)C. The van der Waals surface area contributed by atoms with E-state index in [9.17, 15) is 0 Å². The molecule has 1 unspecified atom stereocenters. The van der Waals surface area contributed by atoms with Crippen LogP contribution in [-0.2, 0) is 0 Å². The van der Waals surface area contributed by atoms with Crippen LogP contribution in [0.3, 0.4) is 0 Å². The van der Waals surface area contributed by atoms with E-state index in [1.165, 1.54) is 0 Å². The molecular formula is C9H23N3. The average molecular weight is 173 g/mol. The summed E-state index contributed by atoms with van der Waals surface area (Å²) in [6.07, 6.45) is 1.67. The van der Waals surface area contributed by atoms with Gasteiger partial charge >= 0.3 is 0 Å². The van der Waals surface area contributed by atoms with Crippen molar-refractivity contribution in [1.82, 2.24) is 15.1 Å². The highest BCUT2D eigenvalue weighted by molar-refractivity contribution is 4.61. The Bertz CT molecular complexity index is 102. The van der Waals surface area contributed by atoms with Crippen molar-refractivity contribution in [3.63, 3.8) is 0 Å². The Labute approximate surface area is 76.7 Å². The van der Waals surface area contributed by atoms with E-state index in [4.69, 9.17) is 0 Å². The zero-order chi connectivity index (χ0) is 9.56. The molecule has 0 saturated carbocycles. The third kappa shape index (κ3) is 5.52. The van der Waals surface area contributed by atoms with Gasteiger partial charge in [0.1, 0.15) is 0 Å². The molecule has 0 radical (unpaired) electrons. The highest BCUT2D eigenvalue weighted by Gasteiger charge is 2.06. The molecule has 3 heteroatoms. The van der Waals surface area contributed by atoms with Crippen molar-refractivity contribution in [2.45, 2.75) is 19.5 Å². The van der Waals surface area contributed by atoms with Gasteiger partial charge in [-0.2, -0.15) is 0 Å². The Morgan fingerprint density at radius 1 is 1.17 bits per heavy atom. The Morgan fingerprint density at radius 3 is 2.08 bits per heavy atom. The molecule has 0 spiro atoms. The van der Waals surface area contributed by atoms with Crippen molar-refractivity contribution in [3.8, 4) is 0 Å². The number of hydrogen-bond acceptors (Lipinski definition) is 3. The number of likely N-dealkylation sites (N-methyl/N-ethyl adjacent to an activating group) is 1. The van der Waals surface area contributed by atoms with Gasteiger partial charge in [0.15, 0.2) is 0 Å². The van der Waals surface area contributed by atoms with Crippen LogP contribution >= 0.6 is 0 Å². The van der Waals surface area contributed by atoms with E-state index in [1.807, 2.05) is 0 Å². The molecule has 1 atom stereocenters. The van der Waals surface area contributed by atoms with Crippen LogP contribution in [0.2, 0.25) is 0 Å². The summed E-state index contributed by atoms with van der Waals surface area (Å²) < 4.78 is 0. The molecule has 0 rings (SSSR count). The Hall–Kier alpha value is -0.120. The number of rotatable bonds is 6. The lowest BCUT2D eigenvalue weighted by atomic mass is 10.3. The van der Waals surface area contributed by atoms with Crippen LogP contribution in [0.1, 0.15) is 13.3 Å². The molecule has 0 aliphatic heterocycles. The minimum atomic E-state index is 0.518. The fourth-order valence-corrected chi connectivity index (χ4v) is 1.15. The molecule has 0 aliphatic carbocycles. The molecule has 0 aromatic heterocycles. The van der Waals surface area contributed by atoms with E-state index in [-0.39, 0.29) is 0 Å². The van der Waals surface area contributed by atoms with Crippen molar-refractivity contribution >= 4 is 0 Å². The quantitative estimate of drug-likeness (QED) is 0.588. The second-order valence-corrected chi connectivity index (χ2v) is 3.65. The zero-order valence-corrected chi connectivity index (χ0v) is 9.09. The van der Waals surface area contributed by atoms with Gasteiger partial charge in [0, 0.05) is 13.1 Å². The summed E-state index contributed by atoms with van der Waals surface area (Å²) in [4.78, 5) is 4.41. The van der Waals surface area contributed by atoms with E-state index in [0.717, 1.165) is 19.5 Å². The topological polar surface area (TPSA) is 18.5 Å². The van der Waals surface area contributed by atoms with Gasteiger partial charge in [-0.05, 0) is 34.6 Å². The van der Waals surface area contributed by atoms with E-state index in [1.54, 1.807) is 0 Å². The third-order valence-corrected chi connectivity index (χ3v) is 1.95. The Kier molecular flexibility index (Phi) is 6.34. The first kappa shape index (κ1) is 11.9. The van der Waals surface area contributed by atoms with Crippen molar-refractivity contribution in [3.05, 3.63) is 0 Å². The van der Waals surface area contributed by atoms with Gasteiger partial charge in [-0.3, -0.25) is 4.90 Å². The van der Waals surface area contributed by atoms with Gasteiger partial charge in [0.2, 0.25) is 0 Å². The molecule has 3 nitrogen and oxygen atoms in total. The molecule has 0 bridgehead atoms. The normalized spacial score (nSPS) is 14.2. The van der Waals surface area contributed by atoms with Gasteiger partial charge in [0.25, 0.3) is 0 Å². The molecule has 0 saturated heterocycles. The predicted molar refractivity (Wildman–Crippen MR) is 54.3 cm³/mol. The Balaban J connectivity index is 3.45. The van der Waals surface area contributed by atoms with Gasteiger partial charge in [-0.15, -0.1) is 0 Å². The van der Waals surface area contributed by atoms with Crippen LogP contribution in [-0.4, -0.2) is 57.2 Å². The molecule has 0 heterocycles. The first-order valence-corrected chi connectivity index (χ1v) is 4.62. The van der Waals surface area contributed by atoms with Crippen LogP contribution in [0.4, 0.5) is 0 Å². The smallest absolute Gasteiger partial charge is 0.0589 e. The molecule has 0 fully saturated rings. The lowest BCUT2D eigenvalue weighted by molar-refractivity contribution is 0.231. The minimum absolute atomic E-state index is 0.518. The van der Waals surface area contributed by atoms with Crippen LogP contribution < -0.4 is 5.32 Å². The highest BCUT2D eigenvalue weighted by Crippen LogP contribution is 1.92. The fraction of sp³-hybridized carbons (Fsp3) is 1.00. The van der Waals surface area contributed by atoms with Crippen LogP contribution in [0, 0.1) is 0 Å². The standard InChI is InChI=1S/C9H23N3/c1-6-9(12(4)5)10-7-8-11(2)3/h9-10H,6-8H2,1-5H3. The molecule has 1 N–H and O–H groups in total. The molecule has 0 aromatic carbocycles. The summed E-state index contributed by atoms with van der Waals surface area (Å²) >= 11 is 0.